The number of aromatic nitrogens is 3. The van der Waals surface area contributed by atoms with Crippen molar-refractivity contribution in [3.05, 3.63) is 54.1 Å². The SMILES string of the molecule is COCCNC(=O)c1ccc(NC(=O)Nc2ccc(-c3nc(N4CCOC[C@@H]4C)nc(N4CCOC[C@@H]4C)n3)cc2)cc1. The molecule has 1 aromatic heterocycles. The van der Waals surface area contributed by atoms with E-state index in [1.165, 1.54) is 0 Å². The van der Waals surface area contributed by atoms with Gasteiger partial charge in [0.2, 0.25) is 11.9 Å². The molecule has 3 N–H and O–H groups in total. The fraction of sp³-hybridized carbons (Fsp3) is 0.433. The third-order valence-electron chi connectivity index (χ3n) is 7.26. The summed E-state index contributed by atoms with van der Waals surface area (Å²) < 4.78 is 16.2. The maximum atomic E-state index is 12.7. The smallest absolute Gasteiger partial charge is 0.323 e. The largest absolute Gasteiger partial charge is 0.383 e. The molecule has 3 amide bonds. The predicted molar refractivity (Wildman–Crippen MR) is 164 cm³/mol. The molecule has 0 radical (unpaired) electrons. The number of morpholine rings is 2. The fourth-order valence-corrected chi connectivity index (χ4v) is 4.86. The van der Waals surface area contributed by atoms with E-state index in [4.69, 9.17) is 29.2 Å². The Bertz CT molecular complexity index is 1350. The standard InChI is InChI=1S/C30H38N8O5/c1-20-18-42-16-13-37(20)28-34-26(35-29(36-28)38-14-17-43-19-21(38)2)22-4-8-24(9-5-22)32-30(40)33-25-10-6-23(7-11-25)27(39)31-12-15-41-3/h4-11,20-21H,12-19H2,1-3H3,(H,31,39)(H2,32,33,40)/t20-,21-/m0/s1. The minimum atomic E-state index is -0.405. The van der Waals surface area contributed by atoms with Crippen LogP contribution >= 0.6 is 0 Å². The highest BCUT2D eigenvalue weighted by molar-refractivity contribution is 6.00. The van der Waals surface area contributed by atoms with E-state index in [2.05, 4.69) is 39.6 Å². The molecule has 2 aliphatic rings. The van der Waals surface area contributed by atoms with Crippen LogP contribution in [0.2, 0.25) is 0 Å². The van der Waals surface area contributed by atoms with E-state index < -0.39 is 6.03 Å². The van der Waals surface area contributed by atoms with Crippen LogP contribution in [0.3, 0.4) is 0 Å². The minimum absolute atomic E-state index is 0.137. The first-order valence-electron chi connectivity index (χ1n) is 14.4. The number of carbonyl (C=O) groups is 2. The van der Waals surface area contributed by atoms with Gasteiger partial charge in [0.15, 0.2) is 5.82 Å². The Morgan fingerprint density at radius 3 is 1.88 bits per heavy atom. The molecular formula is C30H38N8O5. The van der Waals surface area contributed by atoms with Crippen LogP contribution in [0, 0.1) is 0 Å². The van der Waals surface area contributed by atoms with Crippen LogP contribution in [-0.4, -0.2) is 98.8 Å². The third-order valence-corrected chi connectivity index (χ3v) is 7.26. The molecule has 3 aromatic rings. The minimum Gasteiger partial charge on any atom is -0.383 e. The molecule has 43 heavy (non-hydrogen) atoms. The number of hydrogen-bond donors (Lipinski definition) is 3. The monoisotopic (exact) mass is 590 g/mol. The van der Waals surface area contributed by atoms with Gasteiger partial charge in [-0.3, -0.25) is 4.79 Å². The summed E-state index contributed by atoms with van der Waals surface area (Å²) in [4.78, 5) is 43.7. The molecule has 228 valence electrons. The van der Waals surface area contributed by atoms with Gasteiger partial charge in [0.25, 0.3) is 5.91 Å². The second kappa shape index (κ2) is 14.2. The first-order valence-corrected chi connectivity index (χ1v) is 14.4. The Kier molecular flexibility index (Phi) is 9.97. The topological polar surface area (TPSA) is 143 Å². The van der Waals surface area contributed by atoms with Gasteiger partial charge in [-0.25, -0.2) is 4.79 Å². The molecule has 5 rings (SSSR count). The van der Waals surface area contributed by atoms with Gasteiger partial charge in [-0.1, -0.05) is 0 Å². The molecule has 0 bridgehead atoms. The molecule has 0 unspecified atom stereocenters. The van der Waals surface area contributed by atoms with Gasteiger partial charge >= 0.3 is 6.03 Å². The molecule has 3 heterocycles. The van der Waals surface area contributed by atoms with Crippen molar-refractivity contribution in [3.63, 3.8) is 0 Å². The van der Waals surface area contributed by atoms with E-state index in [1.54, 1.807) is 43.5 Å². The van der Waals surface area contributed by atoms with E-state index in [-0.39, 0.29) is 18.0 Å². The molecule has 0 aliphatic carbocycles. The molecule has 13 nitrogen and oxygen atoms in total. The first kappa shape index (κ1) is 30.1. The first-order chi connectivity index (χ1) is 20.9. The maximum Gasteiger partial charge on any atom is 0.323 e. The van der Waals surface area contributed by atoms with Crippen molar-refractivity contribution >= 4 is 35.2 Å². The molecule has 0 spiro atoms. The van der Waals surface area contributed by atoms with Gasteiger partial charge in [-0.15, -0.1) is 0 Å². The number of urea groups is 1. The van der Waals surface area contributed by atoms with Crippen molar-refractivity contribution in [1.29, 1.82) is 0 Å². The number of benzene rings is 2. The highest BCUT2D eigenvalue weighted by atomic mass is 16.5. The Hall–Kier alpha value is -4.33. The summed E-state index contributed by atoms with van der Waals surface area (Å²) >= 11 is 0. The molecule has 2 fully saturated rings. The molecule has 2 saturated heterocycles. The quantitative estimate of drug-likeness (QED) is 0.318. The summed E-state index contributed by atoms with van der Waals surface area (Å²) in [7, 11) is 1.58. The zero-order valence-electron chi connectivity index (χ0n) is 24.7. The third kappa shape index (κ3) is 7.74. The summed E-state index contributed by atoms with van der Waals surface area (Å²) in [5.41, 5.74) is 2.46. The van der Waals surface area contributed by atoms with Gasteiger partial charge in [-0.2, -0.15) is 15.0 Å². The normalized spacial score (nSPS) is 18.7. The lowest BCUT2D eigenvalue weighted by atomic mass is 10.2. The molecule has 2 aromatic carbocycles. The second-order valence-electron chi connectivity index (χ2n) is 10.5. The number of nitrogens with zero attached hydrogens (tertiary/aromatic N) is 5. The van der Waals surface area contributed by atoms with Crippen molar-refractivity contribution in [2.45, 2.75) is 25.9 Å². The predicted octanol–water partition coefficient (Wildman–Crippen LogP) is 3.01. The van der Waals surface area contributed by atoms with Crippen LogP contribution in [0.1, 0.15) is 24.2 Å². The molecular weight excluding hydrogens is 552 g/mol. The van der Waals surface area contributed by atoms with Crippen molar-refractivity contribution in [2.24, 2.45) is 0 Å². The van der Waals surface area contributed by atoms with Crippen molar-refractivity contribution in [3.8, 4) is 11.4 Å². The lowest BCUT2D eigenvalue weighted by molar-refractivity contribution is 0.0937. The highest BCUT2D eigenvalue weighted by Crippen LogP contribution is 2.26. The van der Waals surface area contributed by atoms with E-state index in [1.807, 2.05) is 12.1 Å². The lowest BCUT2D eigenvalue weighted by Gasteiger charge is -2.36. The second-order valence-corrected chi connectivity index (χ2v) is 10.5. The van der Waals surface area contributed by atoms with Crippen LogP contribution in [0.5, 0.6) is 0 Å². The van der Waals surface area contributed by atoms with Gasteiger partial charge in [0.05, 0.1) is 45.1 Å². The van der Waals surface area contributed by atoms with Crippen LogP contribution in [0.4, 0.5) is 28.1 Å². The number of rotatable bonds is 9. The number of ether oxygens (including phenoxy) is 3. The van der Waals surface area contributed by atoms with E-state index in [0.29, 0.717) is 87.3 Å². The number of amides is 3. The van der Waals surface area contributed by atoms with Gasteiger partial charge < -0.3 is 40.0 Å². The van der Waals surface area contributed by atoms with Gasteiger partial charge in [0, 0.05) is 49.2 Å². The summed E-state index contributed by atoms with van der Waals surface area (Å²) in [6.07, 6.45) is 0. The van der Waals surface area contributed by atoms with Crippen LogP contribution in [0.15, 0.2) is 48.5 Å². The van der Waals surface area contributed by atoms with Gasteiger partial charge in [-0.05, 0) is 62.4 Å². The van der Waals surface area contributed by atoms with Crippen LogP contribution in [-0.2, 0) is 14.2 Å². The van der Waals surface area contributed by atoms with E-state index in [0.717, 1.165) is 5.56 Å². The van der Waals surface area contributed by atoms with Gasteiger partial charge in [0.1, 0.15) is 0 Å². The van der Waals surface area contributed by atoms with E-state index in [9.17, 15) is 9.59 Å². The Balaban J connectivity index is 1.27. The Morgan fingerprint density at radius 2 is 1.37 bits per heavy atom. The lowest BCUT2D eigenvalue weighted by Crippen LogP contribution is -2.46. The summed E-state index contributed by atoms with van der Waals surface area (Å²) in [6, 6.07) is 13.9. The fourth-order valence-electron chi connectivity index (χ4n) is 4.86. The average Bonchev–Trinajstić information content (AvgIpc) is 3.02. The Labute approximate surface area is 250 Å². The maximum absolute atomic E-state index is 12.7. The number of methoxy groups -OCH3 is 1. The Morgan fingerprint density at radius 1 is 0.837 bits per heavy atom. The number of nitrogens with one attached hydrogen (secondary N) is 3. The van der Waals surface area contributed by atoms with Crippen LogP contribution in [0.25, 0.3) is 11.4 Å². The molecule has 13 heteroatoms. The summed E-state index contributed by atoms with van der Waals surface area (Å²) in [5.74, 6) is 1.59. The molecule has 2 aliphatic heterocycles. The highest BCUT2D eigenvalue weighted by Gasteiger charge is 2.27. The zero-order chi connectivity index (χ0) is 30.2. The average molecular weight is 591 g/mol. The number of hydrogen-bond acceptors (Lipinski definition) is 10. The summed E-state index contributed by atoms with van der Waals surface area (Å²) in [6.45, 7) is 8.91. The zero-order valence-corrected chi connectivity index (χ0v) is 24.7. The van der Waals surface area contributed by atoms with Crippen molar-refractivity contribution in [2.75, 3.05) is 80.2 Å². The van der Waals surface area contributed by atoms with E-state index >= 15 is 0 Å². The summed E-state index contributed by atoms with van der Waals surface area (Å²) in [5, 5.41) is 8.38. The number of carbonyl (C=O) groups excluding carboxylic acids is 2. The van der Waals surface area contributed by atoms with Crippen LogP contribution < -0.4 is 25.8 Å². The molecule has 2 atom stereocenters. The van der Waals surface area contributed by atoms with Crippen molar-refractivity contribution in [1.82, 2.24) is 20.3 Å². The molecule has 0 saturated carbocycles. The number of anilines is 4. The van der Waals surface area contributed by atoms with Crippen molar-refractivity contribution < 1.29 is 23.8 Å².